The molecule has 0 heterocycles. The highest BCUT2D eigenvalue weighted by molar-refractivity contribution is 5.86. The Morgan fingerprint density at radius 3 is 2.09 bits per heavy atom. The maximum atomic E-state index is 13.3. The number of nitrogens with one attached hydrogen (secondary N) is 3. The average molecular weight is 648 g/mol. The minimum Gasteiger partial charge on any atom is -0.462 e. The van der Waals surface area contributed by atoms with E-state index in [1.807, 2.05) is 57.2 Å². The molecule has 3 amide bonds. The molecule has 1 aliphatic carbocycles. The zero-order chi connectivity index (χ0) is 34.6. The number of rotatable bonds is 17. The first-order valence-corrected chi connectivity index (χ1v) is 16.1. The molecule has 0 radical (unpaired) electrons. The van der Waals surface area contributed by atoms with Crippen molar-refractivity contribution in [2.24, 2.45) is 11.3 Å². The molecular weight excluding hydrogens is 598 g/mol. The minimum atomic E-state index is -0.995. The average Bonchev–Trinajstić information content (AvgIpc) is 3.36. The summed E-state index contributed by atoms with van der Waals surface area (Å²) in [4.78, 5) is 51.9. The number of allylic oxidation sites excluding steroid dienone is 2. The molecule has 0 bridgehead atoms. The van der Waals surface area contributed by atoms with Crippen LogP contribution in [-0.2, 0) is 23.9 Å². The van der Waals surface area contributed by atoms with Gasteiger partial charge in [-0.3, -0.25) is 9.59 Å². The predicted octanol–water partition coefficient (Wildman–Crippen LogP) is 5.01. The number of ether oxygens (including phenoxy) is 2. The summed E-state index contributed by atoms with van der Waals surface area (Å²) in [6.07, 6.45) is 3.35. The van der Waals surface area contributed by atoms with Gasteiger partial charge in [-0.2, -0.15) is 0 Å². The Labute approximate surface area is 278 Å². The van der Waals surface area contributed by atoms with Crippen LogP contribution in [0, 0.1) is 11.3 Å². The number of fused-ring (bicyclic) bond motifs is 3. The van der Waals surface area contributed by atoms with Crippen molar-refractivity contribution in [3.8, 4) is 11.1 Å². The lowest BCUT2D eigenvalue weighted by Crippen LogP contribution is -2.51. The molecule has 3 rings (SSSR count). The molecule has 2 aromatic carbocycles. The molecule has 10 nitrogen and oxygen atoms in total. The lowest BCUT2D eigenvalue weighted by Gasteiger charge is -2.32. The SMILES string of the molecule is C=CCC[C@H](NC(=O)OCC1c2ccccc2-c2ccccc21)C(=O)OC[C@@H](NC(=O)[C@H](CC=C)CC(=O)N[C@H](C)CO)C(C)(C)C. The molecular formula is C37H49N3O7. The minimum absolute atomic E-state index is 0.0907. The molecule has 0 aromatic heterocycles. The van der Waals surface area contributed by atoms with Gasteiger partial charge in [0.2, 0.25) is 11.8 Å². The van der Waals surface area contributed by atoms with E-state index in [1.54, 1.807) is 19.1 Å². The molecule has 0 spiro atoms. The van der Waals surface area contributed by atoms with Gasteiger partial charge in [-0.1, -0.05) is 81.5 Å². The topological polar surface area (TPSA) is 143 Å². The van der Waals surface area contributed by atoms with E-state index in [4.69, 9.17) is 9.47 Å². The summed E-state index contributed by atoms with van der Waals surface area (Å²) in [7, 11) is 0. The fourth-order valence-electron chi connectivity index (χ4n) is 5.47. The predicted molar refractivity (Wildman–Crippen MR) is 181 cm³/mol. The fraction of sp³-hybridized carbons (Fsp3) is 0.459. The molecule has 47 heavy (non-hydrogen) atoms. The number of amides is 3. The van der Waals surface area contributed by atoms with Crippen LogP contribution in [0.4, 0.5) is 4.79 Å². The van der Waals surface area contributed by atoms with Crippen LogP contribution in [0.5, 0.6) is 0 Å². The Balaban J connectivity index is 1.62. The highest BCUT2D eigenvalue weighted by Crippen LogP contribution is 2.44. The summed E-state index contributed by atoms with van der Waals surface area (Å²) in [6, 6.07) is 14.0. The van der Waals surface area contributed by atoms with Gasteiger partial charge in [0.25, 0.3) is 0 Å². The van der Waals surface area contributed by atoms with Crippen LogP contribution in [0.2, 0.25) is 0 Å². The normalized spacial score (nSPS) is 14.7. The molecule has 0 saturated heterocycles. The lowest BCUT2D eigenvalue weighted by molar-refractivity contribution is -0.148. The van der Waals surface area contributed by atoms with Crippen molar-refractivity contribution in [2.45, 2.75) is 77.4 Å². The van der Waals surface area contributed by atoms with E-state index >= 15 is 0 Å². The molecule has 0 aliphatic heterocycles. The van der Waals surface area contributed by atoms with Gasteiger partial charge in [0.15, 0.2) is 0 Å². The standard InChI is InChI=1S/C37H49N3O7/c1-7-9-19-31(39-36(45)47-22-30-28-17-12-10-15-26(28)27-16-11-13-18-29(27)30)35(44)46-23-32(37(4,5)6)40-34(43)25(14-8-2)20-33(42)38-24(3)21-41/h7-8,10-13,15-18,24-25,30-32,41H,1-2,9,14,19-23H2,3-6H3,(H,38,42)(H,39,45)(H,40,43)/t24-,25-,31+,32-/m1/s1. The lowest BCUT2D eigenvalue weighted by atomic mass is 9.86. The third kappa shape index (κ3) is 10.5. The van der Waals surface area contributed by atoms with Crippen LogP contribution in [0.1, 0.15) is 70.4 Å². The second kappa shape index (κ2) is 17.5. The van der Waals surface area contributed by atoms with Gasteiger partial charge in [0.05, 0.1) is 18.6 Å². The Morgan fingerprint density at radius 1 is 0.915 bits per heavy atom. The largest absolute Gasteiger partial charge is 0.462 e. The number of aliphatic hydroxyl groups is 1. The zero-order valence-corrected chi connectivity index (χ0v) is 27.9. The Morgan fingerprint density at radius 2 is 1.53 bits per heavy atom. The first-order chi connectivity index (χ1) is 22.4. The molecule has 1 aliphatic rings. The molecule has 0 fully saturated rings. The summed E-state index contributed by atoms with van der Waals surface area (Å²) >= 11 is 0. The maximum Gasteiger partial charge on any atom is 0.407 e. The molecule has 2 aromatic rings. The number of alkyl carbamates (subject to hydrolysis) is 1. The van der Waals surface area contributed by atoms with Crippen LogP contribution >= 0.6 is 0 Å². The van der Waals surface area contributed by atoms with Crippen LogP contribution in [0.15, 0.2) is 73.8 Å². The number of aliphatic hydroxyl groups excluding tert-OH is 1. The summed E-state index contributed by atoms with van der Waals surface area (Å²) in [5, 5.41) is 17.5. The number of carbonyl (C=O) groups excluding carboxylic acids is 4. The van der Waals surface area contributed by atoms with Crippen molar-refractivity contribution in [1.29, 1.82) is 0 Å². The Kier molecular flexibility index (Phi) is 13.8. The van der Waals surface area contributed by atoms with Crippen molar-refractivity contribution in [1.82, 2.24) is 16.0 Å². The van der Waals surface area contributed by atoms with Crippen LogP contribution in [0.25, 0.3) is 11.1 Å². The van der Waals surface area contributed by atoms with Gasteiger partial charge >= 0.3 is 12.1 Å². The van der Waals surface area contributed by atoms with Gasteiger partial charge < -0.3 is 30.5 Å². The van der Waals surface area contributed by atoms with E-state index < -0.39 is 41.5 Å². The molecule has 0 saturated carbocycles. The smallest absolute Gasteiger partial charge is 0.407 e. The first-order valence-electron chi connectivity index (χ1n) is 16.1. The molecule has 4 N–H and O–H groups in total. The first kappa shape index (κ1) is 37.0. The number of hydrogen-bond acceptors (Lipinski definition) is 7. The van der Waals surface area contributed by atoms with Crippen molar-refractivity contribution < 1.29 is 33.8 Å². The Bertz CT molecular complexity index is 1370. The van der Waals surface area contributed by atoms with Crippen molar-refractivity contribution in [3.05, 3.63) is 85.0 Å². The third-order valence-corrected chi connectivity index (χ3v) is 8.27. The molecule has 254 valence electrons. The van der Waals surface area contributed by atoms with E-state index in [0.29, 0.717) is 6.42 Å². The van der Waals surface area contributed by atoms with E-state index in [1.165, 1.54) is 0 Å². The van der Waals surface area contributed by atoms with Crippen LogP contribution in [0.3, 0.4) is 0 Å². The number of esters is 1. The monoisotopic (exact) mass is 647 g/mol. The second-order valence-electron chi connectivity index (χ2n) is 13.0. The van der Waals surface area contributed by atoms with Crippen LogP contribution < -0.4 is 16.0 Å². The van der Waals surface area contributed by atoms with E-state index in [9.17, 15) is 24.3 Å². The van der Waals surface area contributed by atoms with Gasteiger partial charge in [-0.15, -0.1) is 13.2 Å². The van der Waals surface area contributed by atoms with Crippen molar-refractivity contribution in [3.63, 3.8) is 0 Å². The van der Waals surface area contributed by atoms with E-state index in [2.05, 4.69) is 41.2 Å². The molecule has 10 heteroatoms. The highest BCUT2D eigenvalue weighted by Gasteiger charge is 2.33. The van der Waals surface area contributed by atoms with Gasteiger partial charge in [-0.05, 0) is 53.9 Å². The number of hydrogen-bond donors (Lipinski definition) is 4. The zero-order valence-electron chi connectivity index (χ0n) is 27.9. The van der Waals surface area contributed by atoms with Crippen molar-refractivity contribution in [2.75, 3.05) is 19.8 Å². The summed E-state index contributed by atoms with van der Waals surface area (Å²) < 4.78 is 11.3. The van der Waals surface area contributed by atoms with Gasteiger partial charge in [0, 0.05) is 18.4 Å². The second-order valence-corrected chi connectivity index (χ2v) is 13.0. The molecule has 4 atom stereocenters. The number of benzene rings is 2. The van der Waals surface area contributed by atoms with E-state index in [-0.39, 0.29) is 56.8 Å². The quantitative estimate of drug-likeness (QED) is 0.140. The molecule has 0 unspecified atom stereocenters. The van der Waals surface area contributed by atoms with Gasteiger partial charge in [-0.25, -0.2) is 9.59 Å². The number of carbonyl (C=O) groups is 4. The highest BCUT2D eigenvalue weighted by atomic mass is 16.6. The van der Waals surface area contributed by atoms with Crippen molar-refractivity contribution >= 4 is 23.9 Å². The van der Waals surface area contributed by atoms with Gasteiger partial charge in [0.1, 0.15) is 19.3 Å². The summed E-state index contributed by atoms with van der Waals surface area (Å²) in [5.74, 6) is -2.24. The summed E-state index contributed by atoms with van der Waals surface area (Å²) in [5.41, 5.74) is 3.87. The maximum absolute atomic E-state index is 13.3. The summed E-state index contributed by atoms with van der Waals surface area (Å²) in [6.45, 7) is 14.5. The van der Waals surface area contributed by atoms with E-state index in [0.717, 1.165) is 22.3 Å². The Hall–Kier alpha value is -4.44. The van der Waals surface area contributed by atoms with Crippen LogP contribution in [-0.4, -0.2) is 66.9 Å². The fourth-order valence-corrected chi connectivity index (χ4v) is 5.47. The third-order valence-electron chi connectivity index (χ3n) is 8.27.